The van der Waals surface area contributed by atoms with Gasteiger partial charge in [-0.3, -0.25) is 4.79 Å². The third-order valence-corrected chi connectivity index (χ3v) is 3.91. The summed E-state index contributed by atoms with van der Waals surface area (Å²) in [6.45, 7) is 4.44. The first-order valence-electron chi connectivity index (χ1n) is 7.50. The van der Waals surface area contributed by atoms with Crippen LogP contribution in [-0.4, -0.2) is 65.3 Å². The number of carbonyl (C=O) groups is 2. The summed E-state index contributed by atoms with van der Waals surface area (Å²) in [7, 11) is 0. The second-order valence-corrected chi connectivity index (χ2v) is 5.49. The van der Waals surface area contributed by atoms with E-state index in [1.54, 1.807) is 4.90 Å². The predicted octanol–water partition coefficient (Wildman–Crippen LogP) is 1.55. The molecule has 2 amide bonds. The molecule has 6 nitrogen and oxygen atoms in total. The molecule has 0 bridgehead atoms. The molecule has 1 N–H and O–H groups in total. The molecule has 2 aliphatic rings. The molecule has 20 heavy (non-hydrogen) atoms. The number of urea groups is 1. The topological polar surface area (TPSA) is 70.1 Å². The zero-order valence-corrected chi connectivity index (χ0v) is 12.1. The first-order chi connectivity index (χ1) is 9.61. The van der Waals surface area contributed by atoms with E-state index in [9.17, 15) is 9.59 Å². The number of carboxylic acids is 1. The zero-order valence-electron chi connectivity index (χ0n) is 12.1. The van der Waals surface area contributed by atoms with Gasteiger partial charge in [0.2, 0.25) is 0 Å². The number of aliphatic carboxylic acids is 1. The minimum Gasteiger partial charge on any atom is -0.481 e. The van der Waals surface area contributed by atoms with Gasteiger partial charge in [-0.2, -0.15) is 0 Å². The third-order valence-electron chi connectivity index (χ3n) is 3.91. The van der Waals surface area contributed by atoms with Crippen LogP contribution < -0.4 is 0 Å². The van der Waals surface area contributed by atoms with E-state index in [1.165, 1.54) is 0 Å². The fraction of sp³-hybridized carbons (Fsp3) is 0.857. The first kappa shape index (κ1) is 15.1. The Bertz CT molecular complexity index is 349. The van der Waals surface area contributed by atoms with Gasteiger partial charge in [0.15, 0.2) is 0 Å². The fourth-order valence-electron chi connectivity index (χ4n) is 2.67. The van der Waals surface area contributed by atoms with E-state index in [1.807, 2.05) is 11.8 Å². The molecule has 1 heterocycles. The Morgan fingerprint density at radius 1 is 1.25 bits per heavy atom. The Labute approximate surface area is 119 Å². The number of hydrogen-bond donors (Lipinski definition) is 1. The maximum atomic E-state index is 12.5. The standard InChI is InChI=1S/C14H24N2O4/c1-2-20-12-5-8-15(9-6-12)14(19)16(11-3-4-11)10-7-13(17)18/h11-12H,2-10H2,1H3,(H,17,18). The highest BCUT2D eigenvalue weighted by Crippen LogP contribution is 2.28. The molecule has 0 spiro atoms. The molecule has 0 unspecified atom stereocenters. The minimum atomic E-state index is -0.849. The molecule has 0 aromatic rings. The minimum absolute atomic E-state index is 0.00342. The van der Waals surface area contributed by atoms with E-state index >= 15 is 0 Å². The van der Waals surface area contributed by atoms with Crippen molar-refractivity contribution < 1.29 is 19.4 Å². The summed E-state index contributed by atoms with van der Waals surface area (Å²) in [5.41, 5.74) is 0. The van der Waals surface area contributed by atoms with Crippen molar-refractivity contribution in [3.8, 4) is 0 Å². The molecule has 1 saturated heterocycles. The molecule has 6 heteroatoms. The molecule has 2 fully saturated rings. The number of amides is 2. The van der Waals surface area contributed by atoms with Crippen molar-refractivity contribution in [2.45, 2.75) is 51.2 Å². The molecule has 0 atom stereocenters. The molecule has 1 aliphatic carbocycles. The maximum Gasteiger partial charge on any atom is 0.320 e. The van der Waals surface area contributed by atoms with Crippen molar-refractivity contribution in [2.75, 3.05) is 26.2 Å². The van der Waals surface area contributed by atoms with Crippen molar-refractivity contribution in [3.63, 3.8) is 0 Å². The number of likely N-dealkylation sites (tertiary alicyclic amines) is 1. The van der Waals surface area contributed by atoms with Crippen LogP contribution in [0.3, 0.4) is 0 Å². The molecule has 0 aromatic heterocycles. The Hall–Kier alpha value is -1.30. The second-order valence-electron chi connectivity index (χ2n) is 5.49. The van der Waals surface area contributed by atoms with Gasteiger partial charge in [-0.1, -0.05) is 0 Å². The molecular formula is C14H24N2O4. The third kappa shape index (κ3) is 4.10. The highest BCUT2D eigenvalue weighted by Gasteiger charge is 2.36. The van der Waals surface area contributed by atoms with Gasteiger partial charge < -0.3 is 19.6 Å². The Balaban J connectivity index is 1.83. The second kappa shape index (κ2) is 6.92. The largest absolute Gasteiger partial charge is 0.481 e. The summed E-state index contributed by atoms with van der Waals surface area (Å²) in [4.78, 5) is 26.8. The summed E-state index contributed by atoms with van der Waals surface area (Å²) >= 11 is 0. The number of carboxylic acid groups (broad SMARTS) is 1. The van der Waals surface area contributed by atoms with Crippen LogP contribution in [0.15, 0.2) is 0 Å². The molecule has 114 valence electrons. The highest BCUT2D eigenvalue weighted by atomic mass is 16.5. The average Bonchev–Trinajstić information content (AvgIpc) is 3.24. The first-order valence-corrected chi connectivity index (χ1v) is 7.50. The average molecular weight is 284 g/mol. The van der Waals surface area contributed by atoms with Crippen LogP contribution in [0.25, 0.3) is 0 Å². The number of hydrogen-bond acceptors (Lipinski definition) is 3. The summed E-state index contributed by atoms with van der Waals surface area (Å²) in [6.07, 6.45) is 4.03. The molecule has 2 rings (SSSR count). The Kier molecular flexibility index (Phi) is 5.23. The SMILES string of the molecule is CCOC1CCN(C(=O)N(CCC(=O)O)C2CC2)CC1. The smallest absolute Gasteiger partial charge is 0.320 e. The molecule has 1 saturated carbocycles. The van der Waals surface area contributed by atoms with Crippen LogP contribution in [0.5, 0.6) is 0 Å². The number of piperidine rings is 1. The maximum absolute atomic E-state index is 12.5. The monoisotopic (exact) mass is 284 g/mol. The summed E-state index contributed by atoms with van der Waals surface area (Å²) < 4.78 is 5.58. The van der Waals surface area contributed by atoms with E-state index in [0.29, 0.717) is 26.2 Å². The van der Waals surface area contributed by atoms with Crippen LogP contribution >= 0.6 is 0 Å². The van der Waals surface area contributed by atoms with E-state index in [2.05, 4.69) is 0 Å². The van der Waals surface area contributed by atoms with E-state index in [0.717, 1.165) is 25.7 Å². The predicted molar refractivity (Wildman–Crippen MR) is 73.6 cm³/mol. The molecule has 0 aromatic carbocycles. The van der Waals surface area contributed by atoms with Crippen LogP contribution in [0.1, 0.15) is 39.0 Å². The van der Waals surface area contributed by atoms with Crippen molar-refractivity contribution in [3.05, 3.63) is 0 Å². The number of rotatable bonds is 6. The lowest BCUT2D eigenvalue weighted by Gasteiger charge is -2.35. The Morgan fingerprint density at radius 3 is 2.40 bits per heavy atom. The lowest BCUT2D eigenvalue weighted by atomic mass is 10.1. The zero-order chi connectivity index (χ0) is 14.5. The highest BCUT2D eigenvalue weighted by molar-refractivity contribution is 5.76. The van der Waals surface area contributed by atoms with Crippen molar-refractivity contribution in [1.82, 2.24) is 9.80 Å². The van der Waals surface area contributed by atoms with Gasteiger partial charge in [-0.05, 0) is 32.6 Å². The van der Waals surface area contributed by atoms with Gasteiger partial charge in [0, 0.05) is 32.3 Å². The molecule has 1 aliphatic heterocycles. The summed E-state index contributed by atoms with van der Waals surface area (Å²) in [5, 5.41) is 8.78. The van der Waals surface area contributed by atoms with Gasteiger partial charge in [0.1, 0.15) is 0 Å². The van der Waals surface area contributed by atoms with Crippen LogP contribution in [0.2, 0.25) is 0 Å². The number of carbonyl (C=O) groups excluding carboxylic acids is 1. The summed E-state index contributed by atoms with van der Waals surface area (Å²) in [6, 6.07) is 0.259. The van der Waals surface area contributed by atoms with Crippen molar-refractivity contribution >= 4 is 12.0 Å². The van der Waals surface area contributed by atoms with E-state index in [4.69, 9.17) is 9.84 Å². The fourth-order valence-corrected chi connectivity index (χ4v) is 2.67. The van der Waals surface area contributed by atoms with Gasteiger partial charge in [0.25, 0.3) is 0 Å². The van der Waals surface area contributed by atoms with Gasteiger partial charge >= 0.3 is 12.0 Å². The van der Waals surface area contributed by atoms with Crippen molar-refractivity contribution in [1.29, 1.82) is 0 Å². The van der Waals surface area contributed by atoms with Crippen LogP contribution in [-0.2, 0) is 9.53 Å². The van der Waals surface area contributed by atoms with E-state index in [-0.39, 0.29) is 24.6 Å². The lowest BCUT2D eigenvalue weighted by Crippen LogP contribution is -2.49. The van der Waals surface area contributed by atoms with Crippen LogP contribution in [0.4, 0.5) is 4.79 Å². The van der Waals surface area contributed by atoms with Crippen LogP contribution in [0, 0.1) is 0 Å². The number of ether oxygens (including phenoxy) is 1. The normalized spacial score (nSPS) is 19.9. The Morgan fingerprint density at radius 2 is 1.90 bits per heavy atom. The van der Waals surface area contributed by atoms with Gasteiger partial charge in [0.05, 0.1) is 12.5 Å². The van der Waals surface area contributed by atoms with Crippen molar-refractivity contribution in [2.24, 2.45) is 0 Å². The van der Waals surface area contributed by atoms with Gasteiger partial charge in [-0.25, -0.2) is 4.79 Å². The molecule has 0 radical (unpaired) electrons. The number of nitrogens with zero attached hydrogens (tertiary/aromatic N) is 2. The van der Waals surface area contributed by atoms with E-state index < -0.39 is 5.97 Å². The summed E-state index contributed by atoms with van der Waals surface area (Å²) in [5.74, 6) is -0.849. The lowest BCUT2D eigenvalue weighted by molar-refractivity contribution is -0.137. The van der Waals surface area contributed by atoms with Gasteiger partial charge in [-0.15, -0.1) is 0 Å². The quantitative estimate of drug-likeness (QED) is 0.803. The molecular weight excluding hydrogens is 260 g/mol.